The number of hydrogen-bond acceptors (Lipinski definition) is 3. The number of aryl methyl sites for hydroxylation is 1. The number of halogens is 1. The van der Waals surface area contributed by atoms with Gasteiger partial charge in [-0.25, -0.2) is 4.79 Å². The lowest BCUT2D eigenvalue weighted by Crippen LogP contribution is -2.05. The van der Waals surface area contributed by atoms with Crippen LogP contribution in [0, 0.1) is 10.5 Å². The van der Waals surface area contributed by atoms with E-state index in [0.717, 1.165) is 15.0 Å². The van der Waals surface area contributed by atoms with Crippen LogP contribution < -0.4 is 5.32 Å². The van der Waals surface area contributed by atoms with Crippen molar-refractivity contribution in [1.29, 1.82) is 0 Å². The number of carboxylic acids is 1. The van der Waals surface area contributed by atoms with Gasteiger partial charge < -0.3 is 10.4 Å². The average Bonchev–Trinajstić information content (AvgIpc) is 2.32. The molecule has 1 aromatic carbocycles. The van der Waals surface area contributed by atoms with Gasteiger partial charge in [0.25, 0.3) is 0 Å². The van der Waals surface area contributed by atoms with Crippen molar-refractivity contribution >= 4 is 39.9 Å². The molecule has 1 aromatic heterocycles. The fourth-order valence-electron chi connectivity index (χ4n) is 1.54. The normalized spacial score (nSPS) is 10.1. The van der Waals surface area contributed by atoms with E-state index in [0.29, 0.717) is 5.69 Å². The van der Waals surface area contributed by atoms with Gasteiger partial charge in [0, 0.05) is 15.5 Å². The molecule has 5 heteroatoms. The van der Waals surface area contributed by atoms with Crippen LogP contribution >= 0.6 is 22.6 Å². The van der Waals surface area contributed by atoms with Crippen LogP contribution in [0.3, 0.4) is 0 Å². The fourth-order valence-corrected chi connectivity index (χ4v) is 2.06. The SMILES string of the molecule is Cc1cc(Nc2ccccc2I)c(C(=O)O)cn1. The summed E-state index contributed by atoms with van der Waals surface area (Å²) in [7, 11) is 0. The Labute approximate surface area is 118 Å². The molecule has 0 amide bonds. The molecule has 18 heavy (non-hydrogen) atoms. The van der Waals surface area contributed by atoms with E-state index in [9.17, 15) is 4.79 Å². The lowest BCUT2D eigenvalue weighted by molar-refractivity contribution is 0.0697. The summed E-state index contributed by atoms with van der Waals surface area (Å²) in [5.74, 6) is -0.990. The first-order valence-electron chi connectivity index (χ1n) is 5.29. The molecule has 0 aliphatic heterocycles. The fraction of sp³-hybridized carbons (Fsp3) is 0.0769. The van der Waals surface area contributed by atoms with E-state index < -0.39 is 5.97 Å². The number of rotatable bonds is 3. The summed E-state index contributed by atoms with van der Waals surface area (Å²) in [4.78, 5) is 15.1. The van der Waals surface area contributed by atoms with Gasteiger partial charge in [0.1, 0.15) is 5.56 Å². The summed E-state index contributed by atoms with van der Waals surface area (Å²) in [6, 6.07) is 9.43. The summed E-state index contributed by atoms with van der Waals surface area (Å²) in [6.07, 6.45) is 1.37. The Morgan fingerprint density at radius 3 is 2.72 bits per heavy atom. The van der Waals surface area contributed by atoms with Gasteiger partial charge in [-0.1, -0.05) is 12.1 Å². The molecule has 0 radical (unpaired) electrons. The van der Waals surface area contributed by atoms with Gasteiger partial charge in [-0.2, -0.15) is 0 Å². The van der Waals surface area contributed by atoms with Gasteiger partial charge in [0.2, 0.25) is 0 Å². The number of aromatic nitrogens is 1. The van der Waals surface area contributed by atoms with Crippen molar-refractivity contribution in [3.8, 4) is 0 Å². The van der Waals surface area contributed by atoms with Gasteiger partial charge in [0.15, 0.2) is 0 Å². The van der Waals surface area contributed by atoms with E-state index in [1.165, 1.54) is 6.20 Å². The van der Waals surface area contributed by atoms with Crippen molar-refractivity contribution in [2.75, 3.05) is 5.32 Å². The predicted octanol–water partition coefficient (Wildman–Crippen LogP) is 3.44. The standard InChI is InChI=1S/C13H11IN2O2/c1-8-6-12(9(7-15-8)13(17)18)16-11-5-3-2-4-10(11)14/h2-7H,1H3,(H,15,16)(H,17,18). The highest BCUT2D eigenvalue weighted by molar-refractivity contribution is 14.1. The lowest BCUT2D eigenvalue weighted by Gasteiger charge is -2.11. The molecule has 0 atom stereocenters. The smallest absolute Gasteiger partial charge is 0.339 e. The van der Waals surface area contributed by atoms with Crippen molar-refractivity contribution < 1.29 is 9.90 Å². The second-order valence-corrected chi connectivity index (χ2v) is 4.94. The minimum Gasteiger partial charge on any atom is -0.478 e. The highest BCUT2D eigenvalue weighted by atomic mass is 127. The molecule has 0 bridgehead atoms. The van der Waals surface area contributed by atoms with Crippen LogP contribution in [-0.4, -0.2) is 16.1 Å². The van der Waals surface area contributed by atoms with Gasteiger partial charge in [-0.15, -0.1) is 0 Å². The number of benzene rings is 1. The first-order valence-corrected chi connectivity index (χ1v) is 6.37. The Bertz CT molecular complexity index is 599. The van der Waals surface area contributed by atoms with Crippen LogP contribution in [-0.2, 0) is 0 Å². The Morgan fingerprint density at radius 1 is 1.33 bits per heavy atom. The molecule has 0 aliphatic rings. The summed E-state index contributed by atoms with van der Waals surface area (Å²) in [5.41, 5.74) is 2.37. The molecule has 0 fully saturated rings. The molecule has 2 N–H and O–H groups in total. The maximum Gasteiger partial charge on any atom is 0.339 e. The third-order valence-electron chi connectivity index (χ3n) is 2.41. The van der Waals surface area contributed by atoms with E-state index in [1.54, 1.807) is 6.07 Å². The van der Waals surface area contributed by atoms with Crippen molar-refractivity contribution in [2.24, 2.45) is 0 Å². The number of pyridine rings is 1. The highest BCUT2D eigenvalue weighted by Gasteiger charge is 2.11. The molecule has 0 saturated carbocycles. The zero-order chi connectivity index (χ0) is 13.1. The molecule has 92 valence electrons. The summed E-state index contributed by atoms with van der Waals surface area (Å²) >= 11 is 2.20. The Kier molecular flexibility index (Phi) is 3.81. The van der Waals surface area contributed by atoms with E-state index >= 15 is 0 Å². The molecular weight excluding hydrogens is 343 g/mol. The summed E-state index contributed by atoms with van der Waals surface area (Å²) in [5, 5.41) is 12.3. The van der Waals surface area contributed by atoms with Crippen molar-refractivity contribution in [2.45, 2.75) is 6.92 Å². The van der Waals surface area contributed by atoms with Crippen LogP contribution in [0.4, 0.5) is 11.4 Å². The van der Waals surface area contributed by atoms with Gasteiger partial charge in [0.05, 0.1) is 11.4 Å². The summed E-state index contributed by atoms with van der Waals surface area (Å²) in [6.45, 7) is 1.83. The van der Waals surface area contributed by atoms with E-state index in [2.05, 4.69) is 32.9 Å². The number of nitrogens with one attached hydrogen (secondary N) is 1. The molecule has 1 heterocycles. The zero-order valence-corrected chi connectivity index (χ0v) is 11.8. The monoisotopic (exact) mass is 354 g/mol. The number of anilines is 2. The van der Waals surface area contributed by atoms with E-state index in [-0.39, 0.29) is 5.56 Å². The highest BCUT2D eigenvalue weighted by Crippen LogP contribution is 2.25. The zero-order valence-electron chi connectivity index (χ0n) is 9.64. The lowest BCUT2D eigenvalue weighted by atomic mass is 10.2. The minimum atomic E-state index is -0.990. The molecule has 2 rings (SSSR count). The van der Waals surface area contributed by atoms with Crippen LogP contribution in [0.2, 0.25) is 0 Å². The van der Waals surface area contributed by atoms with E-state index in [1.807, 2.05) is 31.2 Å². The van der Waals surface area contributed by atoms with Gasteiger partial charge in [-0.05, 0) is 47.7 Å². The molecule has 0 spiro atoms. The quantitative estimate of drug-likeness (QED) is 0.829. The minimum absolute atomic E-state index is 0.167. The number of carbonyl (C=O) groups is 1. The Balaban J connectivity index is 2.42. The molecule has 0 saturated heterocycles. The first kappa shape index (κ1) is 12.8. The number of nitrogens with zero attached hydrogens (tertiary/aromatic N) is 1. The van der Waals surface area contributed by atoms with Gasteiger partial charge >= 0.3 is 5.97 Å². The van der Waals surface area contributed by atoms with Crippen LogP contribution in [0.5, 0.6) is 0 Å². The van der Waals surface area contributed by atoms with Gasteiger partial charge in [-0.3, -0.25) is 4.98 Å². The topological polar surface area (TPSA) is 62.2 Å². The third kappa shape index (κ3) is 2.79. The van der Waals surface area contributed by atoms with Crippen LogP contribution in [0.15, 0.2) is 36.5 Å². The third-order valence-corrected chi connectivity index (χ3v) is 3.35. The maximum atomic E-state index is 11.1. The first-order chi connectivity index (χ1) is 8.58. The van der Waals surface area contributed by atoms with Crippen LogP contribution in [0.25, 0.3) is 0 Å². The molecule has 0 unspecified atom stereocenters. The number of para-hydroxylation sites is 1. The molecular formula is C13H11IN2O2. The predicted molar refractivity (Wildman–Crippen MR) is 78.4 cm³/mol. The number of carboxylic acid groups (broad SMARTS) is 1. The molecule has 4 nitrogen and oxygen atoms in total. The summed E-state index contributed by atoms with van der Waals surface area (Å²) < 4.78 is 1.03. The second-order valence-electron chi connectivity index (χ2n) is 3.78. The molecule has 0 aliphatic carbocycles. The largest absolute Gasteiger partial charge is 0.478 e. The number of hydrogen-bond donors (Lipinski definition) is 2. The van der Waals surface area contributed by atoms with Crippen molar-refractivity contribution in [1.82, 2.24) is 4.98 Å². The van der Waals surface area contributed by atoms with Crippen LogP contribution in [0.1, 0.15) is 16.1 Å². The van der Waals surface area contributed by atoms with E-state index in [4.69, 9.17) is 5.11 Å². The molecule has 2 aromatic rings. The number of aromatic carboxylic acids is 1. The Morgan fingerprint density at radius 2 is 2.06 bits per heavy atom. The maximum absolute atomic E-state index is 11.1. The van der Waals surface area contributed by atoms with Crippen molar-refractivity contribution in [3.63, 3.8) is 0 Å². The Hall–Kier alpha value is -1.63. The second kappa shape index (κ2) is 5.34. The van der Waals surface area contributed by atoms with Crippen molar-refractivity contribution in [3.05, 3.63) is 51.4 Å². The average molecular weight is 354 g/mol.